The first-order valence-electron chi connectivity index (χ1n) is 13.9. The van der Waals surface area contributed by atoms with Gasteiger partial charge in [0, 0.05) is 35.9 Å². The number of anilines is 1. The van der Waals surface area contributed by atoms with Gasteiger partial charge in [-0.05, 0) is 105 Å². The Morgan fingerprint density at radius 1 is 0.972 bits per heavy atom. The van der Waals surface area contributed by atoms with E-state index >= 15 is 0 Å². The molecule has 4 bridgehead atoms. The highest BCUT2D eigenvalue weighted by Gasteiger charge is 2.61. The van der Waals surface area contributed by atoms with E-state index in [1.165, 1.54) is 19.3 Å². The van der Waals surface area contributed by atoms with E-state index in [9.17, 15) is 14.4 Å². The lowest BCUT2D eigenvalue weighted by atomic mass is 9.43. The first kappa shape index (κ1) is 23.8. The molecule has 7 heteroatoms. The van der Waals surface area contributed by atoms with Crippen LogP contribution in [0, 0.1) is 22.7 Å². The molecule has 4 amide bonds. The molecule has 5 aliphatic carbocycles. The molecule has 7 nitrogen and oxygen atoms in total. The van der Waals surface area contributed by atoms with Crippen molar-refractivity contribution in [1.82, 2.24) is 10.2 Å². The zero-order valence-corrected chi connectivity index (χ0v) is 21.7. The minimum atomic E-state index is -0.337. The van der Waals surface area contributed by atoms with E-state index in [1.807, 2.05) is 29.2 Å². The number of hydrogen-bond acceptors (Lipinski definition) is 3. The molecule has 3 N–H and O–H groups in total. The Hall–Kier alpha value is -2.57. The van der Waals surface area contributed by atoms with Crippen LogP contribution in [0.25, 0.3) is 0 Å². The minimum absolute atomic E-state index is 0.0195. The molecule has 3 unspecified atom stereocenters. The van der Waals surface area contributed by atoms with Crippen LogP contribution in [-0.2, 0) is 4.79 Å². The van der Waals surface area contributed by atoms with Gasteiger partial charge in [0.05, 0.1) is 5.92 Å². The van der Waals surface area contributed by atoms with Gasteiger partial charge in [0.1, 0.15) is 0 Å². The second kappa shape index (κ2) is 8.22. The molecule has 1 heterocycles. The summed E-state index contributed by atoms with van der Waals surface area (Å²) in [7, 11) is 0. The molecule has 194 valence electrons. The maximum Gasteiger partial charge on any atom is 0.322 e. The number of nitrogens with one attached hydrogen (secondary N) is 1. The number of benzene rings is 1. The van der Waals surface area contributed by atoms with Crippen LogP contribution >= 0.6 is 0 Å². The lowest BCUT2D eigenvalue weighted by Gasteiger charge is -2.65. The summed E-state index contributed by atoms with van der Waals surface area (Å²) in [6.07, 6.45) is 10.7. The topological polar surface area (TPSA) is 95.7 Å². The van der Waals surface area contributed by atoms with Gasteiger partial charge >= 0.3 is 6.03 Å². The predicted octanol–water partition coefficient (Wildman–Crippen LogP) is 4.45. The normalized spacial score (nSPS) is 37.0. The third-order valence-electron chi connectivity index (χ3n) is 9.63. The van der Waals surface area contributed by atoms with Crippen molar-refractivity contribution in [3.63, 3.8) is 0 Å². The Kier molecular flexibility index (Phi) is 5.44. The van der Waals surface area contributed by atoms with Crippen LogP contribution in [0.4, 0.5) is 10.5 Å². The summed E-state index contributed by atoms with van der Waals surface area (Å²) in [5.41, 5.74) is 7.52. The summed E-state index contributed by atoms with van der Waals surface area (Å²) in [5, 5.41) is 3.57. The molecule has 36 heavy (non-hydrogen) atoms. The molecule has 1 saturated heterocycles. The van der Waals surface area contributed by atoms with Gasteiger partial charge in [-0.25, -0.2) is 4.79 Å². The van der Waals surface area contributed by atoms with Crippen molar-refractivity contribution >= 4 is 23.5 Å². The fraction of sp³-hybridized carbons (Fsp3) is 0.690. The number of carbonyl (C=O) groups excluding carboxylic acids is 3. The number of hydrogen-bond donors (Lipinski definition) is 2. The van der Waals surface area contributed by atoms with Crippen molar-refractivity contribution in [1.29, 1.82) is 0 Å². The van der Waals surface area contributed by atoms with E-state index in [0.29, 0.717) is 29.5 Å². The summed E-state index contributed by atoms with van der Waals surface area (Å²) < 4.78 is 0. The number of nitrogens with zero attached hydrogens (tertiary/aromatic N) is 2. The van der Waals surface area contributed by atoms with E-state index < -0.39 is 0 Å². The van der Waals surface area contributed by atoms with Crippen molar-refractivity contribution < 1.29 is 14.4 Å². The summed E-state index contributed by atoms with van der Waals surface area (Å²) in [6.45, 7) is 5.88. The molecular formula is C29H40N4O3. The summed E-state index contributed by atoms with van der Waals surface area (Å²) in [4.78, 5) is 42.1. The Balaban J connectivity index is 1.18. The molecule has 0 radical (unpaired) electrons. The largest absolute Gasteiger partial charge is 0.369 e. The smallest absolute Gasteiger partial charge is 0.322 e. The second-order valence-corrected chi connectivity index (χ2v) is 13.5. The Morgan fingerprint density at radius 3 is 2.22 bits per heavy atom. The second-order valence-electron chi connectivity index (χ2n) is 13.5. The molecular weight excluding hydrogens is 452 g/mol. The molecule has 1 aliphatic heterocycles. The van der Waals surface area contributed by atoms with Crippen molar-refractivity contribution in [3.05, 3.63) is 29.8 Å². The number of primary amides is 1. The van der Waals surface area contributed by atoms with Crippen molar-refractivity contribution in [2.45, 2.75) is 89.6 Å². The van der Waals surface area contributed by atoms with Gasteiger partial charge in [0.25, 0.3) is 5.91 Å². The van der Waals surface area contributed by atoms with Crippen molar-refractivity contribution in [2.75, 3.05) is 18.0 Å². The number of carbonyl (C=O) groups is 3. The fourth-order valence-electron chi connectivity index (χ4n) is 9.04. The third-order valence-corrected chi connectivity index (χ3v) is 9.63. The monoisotopic (exact) mass is 492 g/mol. The highest BCUT2D eigenvalue weighted by atomic mass is 16.2. The van der Waals surface area contributed by atoms with Gasteiger partial charge in [-0.15, -0.1) is 0 Å². The van der Waals surface area contributed by atoms with Crippen molar-refractivity contribution in [3.8, 4) is 0 Å². The van der Waals surface area contributed by atoms with Crippen LogP contribution in [0.1, 0.15) is 88.4 Å². The zero-order valence-electron chi connectivity index (χ0n) is 21.7. The lowest BCUT2D eigenvalue weighted by Crippen LogP contribution is -2.66. The lowest BCUT2D eigenvalue weighted by molar-refractivity contribution is -0.123. The fourth-order valence-corrected chi connectivity index (χ4v) is 9.04. The summed E-state index contributed by atoms with van der Waals surface area (Å²) >= 11 is 0. The molecule has 7 rings (SSSR count). The van der Waals surface area contributed by atoms with E-state index in [4.69, 9.17) is 5.73 Å². The van der Waals surface area contributed by atoms with Crippen LogP contribution in [0.15, 0.2) is 24.3 Å². The maximum atomic E-state index is 13.8. The van der Waals surface area contributed by atoms with E-state index in [2.05, 4.69) is 19.2 Å². The summed E-state index contributed by atoms with van der Waals surface area (Å²) in [5.74, 6) is 0.0335. The van der Waals surface area contributed by atoms with E-state index in [1.54, 1.807) is 4.90 Å². The standard InChI is InChI=1S/C29H40N4O3/c1-27-12-19-13-28(2,16-27)18-29(14-19,17-27)31-26(36)33(23-9-10-23)22-7-5-20(6-8-22)25(35)32-11-3-4-21(15-32)24(30)34/h5-8,19,21,23H,3-4,9-18H2,1-2H3,(H2,30,34)(H,31,36). The van der Waals surface area contributed by atoms with Crippen LogP contribution in [0.5, 0.6) is 0 Å². The molecule has 0 aromatic heterocycles. The highest BCUT2D eigenvalue weighted by molar-refractivity contribution is 5.97. The Labute approximate surface area is 214 Å². The number of rotatable bonds is 5. The van der Waals surface area contributed by atoms with Gasteiger partial charge < -0.3 is 16.0 Å². The maximum absolute atomic E-state index is 13.8. The third kappa shape index (κ3) is 4.28. The molecule has 1 aromatic carbocycles. The van der Waals surface area contributed by atoms with Crippen LogP contribution in [-0.4, -0.2) is 47.4 Å². The van der Waals surface area contributed by atoms with Gasteiger partial charge in [0.2, 0.25) is 5.91 Å². The van der Waals surface area contributed by atoms with Gasteiger partial charge in [-0.3, -0.25) is 14.5 Å². The molecule has 3 atom stereocenters. The number of likely N-dealkylation sites (tertiary alicyclic amines) is 1. The SMILES string of the molecule is CC12CC3CC(C)(C1)CC(NC(=O)N(c1ccc(C(=O)N4CCCC(C(N)=O)C4)cc1)C1CC1)(C3)C2. The number of urea groups is 1. The number of amides is 4. The zero-order chi connectivity index (χ0) is 25.3. The molecule has 6 aliphatic rings. The van der Waals surface area contributed by atoms with Crippen LogP contribution in [0.3, 0.4) is 0 Å². The Bertz CT molecular complexity index is 1060. The van der Waals surface area contributed by atoms with Gasteiger partial charge in [-0.1, -0.05) is 13.8 Å². The van der Waals surface area contributed by atoms with Crippen LogP contribution < -0.4 is 16.0 Å². The van der Waals surface area contributed by atoms with Crippen molar-refractivity contribution in [2.24, 2.45) is 28.4 Å². The molecule has 1 aromatic rings. The van der Waals surface area contributed by atoms with E-state index in [-0.39, 0.29) is 35.3 Å². The first-order chi connectivity index (χ1) is 17.1. The highest BCUT2D eigenvalue weighted by Crippen LogP contribution is 2.66. The van der Waals surface area contributed by atoms with Gasteiger partial charge in [-0.2, -0.15) is 0 Å². The molecule has 6 fully saturated rings. The first-order valence-corrected chi connectivity index (χ1v) is 13.9. The van der Waals surface area contributed by atoms with Gasteiger partial charge in [0.15, 0.2) is 0 Å². The predicted molar refractivity (Wildman–Crippen MR) is 138 cm³/mol. The molecule has 5 saturated carbocycles. The average molecular weight is 493 g/mol. The quantitative estimate of drug-likeness (QED) is 0.636. The number of piperidine rings is 1. The number of nitrogens with two attached hydrogens (primary N) is 1. The average Bonchev–Trinajstić information content (AvgIpc) is 3.61. The molecule has 0 spiro atoms. The minimum Gasteiger partial charge on any atom is -0.369 e. The van der Waals surface area contributed by atoms with Crippen LogP contribution in [0.2, 0.25) is 0 Å². The summed E-state index contributed by atoms with van der Waals surface area (Å²) in [6, 6.07) is 7.70. The van der Waals surface area contributed by atoms with E-state index in [0.717, 1.165) is 56.6 Å². The Morgan fingerprint density at radius 2 is 1.64 bits per heavy atom.